The fourth-order valence-electron chi connectivity index (χ4n) is 2.21. The van der Waals surface area contributed by atoms with Crippen LogP contribution in [0, 0.1) is 6.92 Å². The number of carbonyl (C=O) groups excluding carboxylic acids is 1. The van der Waals surface area contributed by atoms with Gasteiger partial charge in [-0.15, -0.1) is 5.10 Å². The van der Waals surface area contributed by atoms with Gasteiger partial charge in [0, 0.05) is 11.6 Å². The lowest BCUT2D eigenvalue weighted by Gasteiger charge is -2.07. The predicted molar refractivity (Wildman–Crippen MR) is 97.9 cm³/mol. The van der Waals surface area contributed by atoms with Gasteiger partial charge >= 0.3 is 0 Å². The molecule has 1 heterocycles. The third-order valence-corrected chi connectivity index (χ3v) is 4.69. The van der Waals surface area contributed by atoms with Crippen LogP contribution in [0.25, 0.3) is 5.69 Å². The van der Waals surface area contributed by atoms with E-state index in [2.05, 4.69) is 20.8 Å². The quantitative estimate of drug-likeness (QED) is 0.672. The van der Waals surface area contributed by atoms with E-state index in [1.807, 2.05) is 43.3 Å². The van der Waals surface area contributed by atoms with Crippen LogP contribution in [-0.2, 0) is 11.3 Å². The van der Waals surface area contributed by atoms with Gasteiger partial charge in [-0.25, -0.2) is 0 Å². The summed E-state index contributed by atoms with van der Waals surface area (Å²) >= 11 is 7.14. The lowest BCUT2D eigenvalue weighted by Crippen LogP contribution is -2.24. The van der Waals surface area contributed by atoms with Crippen molar-refractivity contribution in [1.29, 1.82) is 0 Å². The smallest absolute Gasteiger partial charge is 0.230 e. The van der Waals surface area contributed by atoms with Crippen molar-refractivity contribution < 1.29 is 4.79 Å². The molecular weight excluding hydrogens is 358 g/mol. The molecule has 0 atom stereocenters. The van der Waals surface area contributed by atoms with Gasteiger partial charge in [-0.05, 0) is 46.7 Å². The van der Waals surface area contributed by atoms with Crippen molar-refractivity contribution >= 4 is 29.3 Å². The minimum absolute atomic E-state index is 0.0840. The number of carbonyl (C=O) groups is 1. The minimum atomic E-state index is -0.0840. The van der Waals surface area contributed by atoms with Crippen LogP contribution in [0.15, 0.2) is 53.7 Å². The highest BCUT2D eigenvalue weighted by atomic mass is 35.5. The van der Waals surface area contributed by atoms with E-state index in [9.17, 15) is 4.79 Å². The fourth-order valence-corrected chi connectivity index (χ4v) is 3.04. The molecular formula is C17H16ClN5OS. The van der Waals surface area contributed by atoms with Gasteiger partial charge < -0.3 is 5.32 Å². The molecule has 1 aromatic heterocycles. The molecule has 0 bridgehead atoms. The number of halogens is 1. The summed E-state index contributed by atoms with van der Waals surface area (Å²) in [6.45, 7) is 2.45. The second-order valence-electron chi connectivity index (χ2n) is 5.35. The van der Waals surface area contributed by atoms with Crippen molar-refractivity contribution in [3.8, 4) is 5.69 Å². The molecule has 0 saturated heterocycles. The monoisotopic (exact) mass is 373 g/mol. The summed E-state index contributed by atoms with van der Waals surface area (Å²) in [4.78, 5) is 12.1. The van der Waals surface area contributed by atoms with Gasteiger partial charge in [0.2, 0.25) is 11.1 Å². The van der Waals surface area contributed by atoms with E-state index in [1.165, 1.54) is 11.8 Å². The molecule has 1 amide bonds. The van der Waals surface area contributed by atoms with E-state index in [1.54, 1.807) is 16.8 Å². The first-order chi connectivity index (χ1) is 12.1. The highest BCUT2D eigenvalue weighted by Crippen LogP contribution is 2.20. The van der Waals surface area contributed by atoms with Gasteiger partial charge in [0.15, 0.2) is 0 Å². The maximum atomic E-state index is 12.1. The van der Waals surface area contributed by atoms with E-state index in [0.717, 1.165) is 16.8 Å². The Morgan fingerprint density at radius 2 is 1.96 bits per heavy atom. The number of para-hydroxylation sites is 1. The van der Waals surface area contributed by atoms with Crippen LogP contribution >= 0.6 is 23.4 Å². The molecule has 0 unspecified atom stereocenters. The molecule has 0 aliphatic heterocycles. The molecule has 8 heteroatoms. The second-order valence-corrected chi connectivity index (χ2v) is 6.73. The zero-order chi connectivity index (χ0) is 17.6. The maximum Gasteiger partial charge on any atom is 0.230 e. The minimum Gasteiger partial charge on any atom is -0.351 e. The van der Waals surface area contributed by atoms with Crippen LogP contribution in [0.5, 0.6) is 0 Å². The Morgan fingerprint density at radius 1 is 1.20 bits per heavy atom. The predicted octanol–water partition coefficient (Wildman–Crippen LogP) is 3.03. The first-order valence-electron chi connectivity index (χ1n) is 7.62. The molecule has 6 nitrogen and oxygen atoms in total. The number of nitrogens with zero attached hydrogens (tertiary/aromatic N) is 4. The number of aromatic nitrogens is 4. The van der Waals surface area contributed by atoms with E-state index in [0.29, 0.717) is 16.7 Å². The van der Waals surface area contributed by atoms with E-state index >= 15 is 0 Å². The summed E-state index contributed by atoms with van der Waals surface area (Å²) in [6.07, 6.45) is 0. The SMILES string of the molecule is Cc1ccccc1-n1nnnc1SCC(=O)NCc1ccc(Cl)cc1. The largest absolute Gasteiger partial charge is 0.351 e. The van der Waals surface area contributed by atoms with E-state index in [-0.39, 0.29) is 11.7 Å². The Hall–Kier alpha value is -2.38. The summed E-state index contributed by atoms with van der Waals surface area (Å²) in [6, 6.07) is 15.2. The average Bonchev–Trinajstić information content (AvgIpc) is 3.08. The number of aryl methyl sites for hydroxylation is 1. The first kappa shape index (κ1) is 17.4. The van der Waals surface area contributed by atoms with Crippen molar-refractivity contribution in [2.75, 3.05) is 5.75 Å². The summed E-state index contributed by atoms with van der Waals surface area (Å²) in [7, 11) is 0. The van der Waals surface area contributed by atoms with Gasteiger partial charge in [0.1, 0.15) is 0 Å². The van der Waals surface area contributed by atoms with Gasteiger partial charge in [-0.3, -0.25) is 4.79 Å². The maximum absolute atomic E-state index is 12.1. The molecule has 0 fully saturated rings. The molecule has 1 N–H and O–H groups in total. The normalized spacial score (nSPS) is 10.6. The van der Waals surface area contributed by atoms with Crippen LogP contribution < -0.4 is 5.32 Å². The molecule has 3 rings (SSSR count). The van der Waals surface area contributed by atoms with E-state index < -0.39 is 0 Å². The Bertz CT molecular complexity index is 865. The third-order valence-electron chi connectivity index (χ3n) is 3.52. The summed E-state index contributed by atoms with van der Waals surface area (Å²) in [5, 5.41) is 15.9. The highest BCUT2D eigenvalue weighted by Gasteiger charge is 2.12. The number of tetrazole rings is 1. The number of hydrogen-bond donors (Lipinski definition) is 1. The van der Waals surface area contributed by atoms with Gasteiger partial charge in [0.25, 0.3) is 0 Å². The van der Waals surface area contributed by atoms with Crippen molar-refractivity contribution in [2.45, 2.75) is 18.6 Å². The van der Waals surface area contributed by atoms with E-state index in [4.69, 9.17) is 11.6 Å². The third kappa shape index (κ3) is 4.58. The Kier molecular flexibility index (Phi) is 5.67. The molecule has 0 saturated carbocycles. The molecule has 3 aromatic rings. The Balaban J connectivity index is 1.57. The van der Waals surface area contributed by atoms with Crippen LogP contribution in [0.1, 0.15) is 11.1 Å². The number of amides is 1. The summed E-state index contributed by atoms with van der Waals surface area (Å²) in [5.74, 6) is 0.152. The number of rotatable bonds is 6. The van der Waals surface area contributed by atoms with Gasteiger partial charge in [-0.1, -0.05) is 53.7 Å². The van der Waals surface area contributed by atoms with Crippen LogP contribution in [0.3, 0.4) is 0 Å². The van der Waals surface area contributed by atoms with Crippen molar-refractivity contribution in [3.05, 3.63) is 64.7 Å². The second kappa shape index (κ2) is 8.13. The standard InChI is InChI=1S/C17H16ClN5OS/c1-12-4-2-3-5-15(12)23-17(20-21-22-23)25-11-16(24)19-10-13-6-8-14(18)9-7-13/h2-9H,10-11H2,1H3,(H,19,24). The summed E-state index contributed by atoms with van der Waals surface area (Å²) < 4.78 is 1.65. The van der Waals surface area contributed by atoms with Crippen molar-refractivity contribution in [2.24, 2.45) is 0 Å². The van der Waals surface area contributed by atoms with Crippen molar-refractivity contribution in [1.82, 2.24) is 25.5 Å². The molecule has 25 heavy (non-hydrogen) atoms. The topological polar surface area (TPSA) is 72.7 Å². The number of benzene rings is 2. The fraction of sp³-hybridized carbons (Fsp3) is 0.176. The molecule has 0 aliphatic carbocycles. The van der Waals surface area contributed by atoms with Crippen LogP contribution in [-0.4, -0.2) is 31.9 Å². The average molecular weight is 374 g/mol. The van der Waals surface area contributed by atoms with Crippen molar-refractivity contribution in [3.63, 3.8) is 0 Å². The highest BCUT2D eigenvalue weighted by molar-refractivity contribution is 7.99. The Labute approximate surface area is 154 Å². The number of thioether (sulfide) groups is 1. The lowest BCUT2D eigenvalue weighted by molar-refractivity contribution is -0.118. The summed E-state index contributed by atoms with van der Waals surface area (Å²) in [5.41, 5.74) is 2.95. The zero-order valence-corrected chi connectivity index (χ0v) is 15.1. The molecule has 0 spiro atoms. The number of hydrogen-bond acceptors (Lipinski definition) is 5. The molecule has 128 valence electrons. The van der Waals surface area contributed by atoms with Gasteiger partial charge in [-0.2, -0.15) is 4.68 Å². The first-order valence-corrected chi connectivity index (χ1v) is 8.98. The molecule has 2 aromatic carbocycles. The van der Waals surface area contributed by atoms with Gasteiger partial charge in [0.05, 0.1) is 11.4 Å². The van der Waals surface area contributed by atoms with Crippen LogP contribution in [0.4, 0.5) is 0 Å². The zero-order valence-electron chi connectivity index (χ0n) is 13.5. The molecule has 0 aliphatic rings. The lowest BCUT2D eigenvalue weighted by atomic mass is 10.2. The molecule has 0 radical (unpaired) electrons. The Morgan fingerprint density at radius 3 is 2.72 bits per heavy atom. The number of nitrogens with one attached hydrogen (secondary N) is 1. The van der Waals surface area contributed by atoms with Crippen LogP contribution in [0.2, 0.25) is 5.02 Å².